The third-order valence-electron chi connectivity index (χ3n) is 2.66. The van der Waals surface area contributed by atoms with E-state index in [9.17, 15) is 22.7 Å². The summed E-state index contributed by atoms with van der Waals surface area (Å²) in [5.41, 5.74) is -0.596. The molecule has 0 bridgehead atoms. The molecule has 0 saturated heterocycles. The van der Waals surface area contributed by atoms with Crippen molar-refractivity contribution in [2.24, 2.45) is 0 Å². The first-order chi connectivity index (χ1) is 10.2. The van der Waals surface area contributed by atoms with Gasteiger partial charge < -0.3 is 10.2 Å². The lowest BCUT2D eigenvalue weighted by Crippen LogP contribution is -2.14. The molecule has 22 heavy (non-hydrogen) atoms. The Morgan fingerprint density at radius 1 is 1.18 bits per heavy atom. The maximum Gasteiger partial charge on any atom is 0.339 e. The summed E-state index contributed by atoms with van der Waals surface area (Å²) < 4.78 is 39.6. The molecule has 0 spiro atoms. The Labute approximate surface area is 129 Å². The lowest BCUT2D eigenvalue weighted by Gasteiger charge is -2.10. The number of sulfonamides is 1. The maximum atomic E-state index is 13.2. The number of nitrogens with one attached hydrogen (secondary N) is 1. The number of carboxylic acid groups (broad SMARTS) is 1. The van der Waals surface area contributed by atoms with Crippen molar-refractivity contribution in [3.05, 3.63) is 52.8 Å². The highest BCUT2D eigenvalue weighted by molar-refractivity contribution is 7.92. The van der Waals surface area contributed by atoms with Crippen LogP contribution in [0.15, 0.2) is 41.3 Å². The third kappa shape index (κ3) is 3.29. The monoisotopic (exact) mass is 345 g/mol. The maximum absolute atomic E-state index is 13.2. The van der Waals surface area contributed by atoms with Gasteiger partial charge in [0.1, 0.15) is 22.0 Å². The first-order valence-corrected chi connectivity index (χ1v) is 7.61. The average molecular weight is 346 g/mol. The molecule has 3 N–H and O–H groups in total. The van der Waals surface area contributed by atoms with E-state index in [1.54, 1.807) is 0 Å². The Morgan fingerprint density at radius 2 is 1.86 bits per heavy atom. The van der Waals surface area contributed by atoms with Crippen molar-refractivity contribution in [3.63, 3.8) is 0 Å². The van der Waals surface area contributed by atoms with Gasteiger partial charge in [0.25, 0.3) is 10.0 Å². The third-order valence-corrected chi connectivity index (χ3v) is 4.52. The topological polar surface area (TPSA) is 104 Å². The van der Waals surface area contributed by atoms with Crippen LogP contribution in [0.2, 0.25) is 5.02 Å². The largest absolute Gasteiger partial charge is 0.507 e. The fraction of sp³-hybridized carbons (Fsp3) is 0. The lowest BCUT2D eigenvalue weighted by atomic mass is 10.2. The summed E-state index contributed by atoms with van der Waals surface area (Å²) in [5, 5.41) is 18.1. The molecule has 2 aromatic rings. The Balaban J connectivity index is 2.43. The number of benzene rings is 2. The van der Waals surface area contributed by atoms with Crippen molar-refractivity contribution in [1.82, 2.24) is 0 Å². The molecule has 0 heterocycles. The van der Waals surface area contributed by atoms with Gasteiger partial charge in [-0.1, -0.05) is 11.6 Å². The molecule has 0 saturated carbocycles. The van der Waals surface area contributed by atoms with Gasteiger partial charge in [0, 0.05) is 5.69 Å². The summed E-state index contributed by atoms with van der Waals surface area (Å²) in [6.07, 6.45) is 0. The van der Waals surface area contributed by atoms with E-state index < -0.39 is 38.0 Å². The fourth-order valence-electron chi connectivity index (χ4n) is 1.66. The molecule has 0 amide bonds. The summed E-state index contributed by atoms with van der Waals surface area (Å²) >= 11 is 5.73. The van der Waals surface area contributed by atoms with Gasteiger partial charge in [-0.2, -0.15) is 0 Å². The highest BCUT2D eigenvalue weighted by Crippen LogP contribution is 2.27. The van der Waals surface area contributed by atoms with E-state index in [4.69, 9.17) is 16.7 Å². The van der Waals surface area contributed by atoms with Gasteiger partial charge >= 0.3 is 5.97 Å². The summed E-state index contributed by atoms with van der Waals surface area (Å²) in [6, 6.07) is 5.95. The van der Waals surface area contributed by atoms with Gasteiger partial charge in [-0.3, -0.25) is 4.72 Å². The molecule has 0 aliphatic heterocycles. The van der Waals surface area contributed by atoms with Crippen LogP contribution >= 0.6 is 11.6 Å². The van der Waals surface area contributed by atoms with Crippen LogP contribution < -0.4 is 4.72 Å². The predicted octanol–water partition coefficient (Wildman–Crippen LogP) is 2.68. The van der Waals surface area contributed by atoms with Crippen molar-refractivity contribution >= 4 is 33.3 Å². The quantitative estimate of drug-likeness (QED) is 0.739. The van der Waals surface area contributed by atoms with Crippen LogP contribution in [-0.2, 0) is 10.0 Å². The number of hydrogen-bond donors (Lipinski definition) is 3. The molecular weight excluding hydrogens is 337 g/mol. The Morgan fingerprint density at radius 3 is 2.50 bits per heavy atom. The number of anilines is 1. The van der Waals surface area contributed by atoms with E-state index in [1.807, 2.05) is 0 Å². The van der Waals surface area contributed by atoms with Crippen LogP contribution in [0.1, 0.15) is 10.4 Å². The number of phenols is 1. The molecule has 0 fully saturated rings. The smallest absolute Gasteiger partial charge is 0.339 e. The molecular formula is C13H9ClFNO5S. The number of halogens is 2. The Hall–Kier alpha value is -2.32. The molecule has 2 aromatic carbocycles. The zero-order valence-corrected chi connectivity index (χ0v) is 12.3. The lowest BCUT2D eigenvalue weighted by molar-refractivity contribution is 0.0693. The zero-order valence-electron chi connectivity index (χ0n) is 10.7. The number of hydrogen-bond acceptors (Lipinski definition) is 4. The number of aromatic carboxylic acids is 1. The molecule has 2 rings (SSSR count). The first kappa shape index (κ1) is 16.1. The van der Waals surface area contributed by atoms with Gasteiger partial charge in [0.05, 0.1) is 5.02 Å². The summed E-state index contributed by atoms with van der Waals surface area (Å²) in [4.78, 5) is 10.4. The van der Waals surface area contributed by atoms with Crippen LogP contribution in [0, 0.1) is 5.82 Å². The number of rotatable bonds is 4. The van der Waals surface area contributed by atoms with Crippen LogP contribution in [0.3, 0.4) is 0 Å². The van der Waals surface area contributed by atoms with Crippen LogP contribution in [0.5, 0.6) is 5.75 Å². The normalized spacial score (nSPS) is 11.2. The van der Waals surface area contributed by atoms with E-state index in [0.717, 1.165) is 36.4 Å². The highest BCUT2D eigenvalue weighted by Gasteiger charge is 2.20. The van der Waals surface area contributed by atoms with Crippen LogP contribution in [0.25, 0.3) is 0 Å². The van der Waals surface area contributed by atoms with E-state index >= 15 is 0 Å². The SMILES string of the molecule is O=C(O)c1cc(NS(=O)(=O)c2cc(F)ccc2Cl)ccc1O. The van der Waals surface area contributed by atoms with Gasteiger partial charge in [-0.15, -0.1) is 0 Å². The molecule has 116 valence electrons. The number of carbonyl (C=O) groups is 1. The second-order valence-corrected chi connectivity index (χ2v) is 6.28. The van der Waals surface area contributed by atoms with E-state index in [0.29, 0.717) is 0 Å². The Kier molecular flexibility index (Phi) is 4.25. The minimum atomic E-state index is -4.22. The highest BCUT2D eigenvalue weighted by atomic mass is 35.5. The van der Waals surface area contributed by atoms with Gasteiger partial charge in [0.15, 0.2) is 0 Å². The second kappa shape index (κ2) is 5.82. The van der Waals surface area contributed by atoms with Gasteiger partial charge in [-0.25, -0.2) is 17.6 Å². The molecule has 0 aliphatic carbocycles. The molecule has 0 aliphatic rings. The van der Waals surface area contributed by atoms with Crippen LogP contribution in [0.4, 0.5) is 10.1 Å². The molecule has 0 unspecified atom stereocenters. The van der Waals surface area contributed by atoms with Crippen molar-refractivity contribution in [3.8, 4) is 5.75 Å². The van der Waals surface area contributed by atoms with Gasteiger partial charge in [0.2, 0.25) is 0 Å². The Bertz CT molecular complexity index is 854. The average Bonchev–Trinajstić information content (AvgIpc) is 2.43. The molecule has 9 heteroatoms. The molecule has 0 atom stereocenters. The predicted molar refractivity (Wildman–Crippen MR) is 77.3 cm³/mol. The summed E-state index contributed by atoms with van der Waals surface area (Å²) in [6.45, 7) is 0. The van der Waals surface area contributed by atoms with Crippen LogP contribution in [-0.4, -0.2) is 24.6 Å². The van der Waals surface area contributed by atoms with Gasteiger partial charge in [-0.05, 0) is 36.4 Å². The number of aromatic hydroxyl groups is 1. The molecule has 6 nitrogen and oxygen atoms in total. The first-order valence-electron chi connectivity index (χ1n) is 5.75. The van der Waals surface area contributed by atoms with E-state index in [1.165, 1.54) is 0 Å². The van der Waals surface area contributed by atoms with Crippen molar-refractivity contribution in [2.45, 2.75) is 4.90 Å². The second-order valence-electron chi connectivity index (χ2n) is 4.22. The van der Waals surface area contributed by atoms with Crippen molar-refractivity contribution < 1.29 is 27.8 Å². The molecule has 0 aromatic heterocycles. The summed E-state index contributed by atoms with van der Waals surface area (Å²) in [7, 11) is -4.22. The fourth-order valence-corrected chi connectivity index (χ4v) is 3.23. The summed E-state index contributed by atoms with van der Waals surface area (Å²) in [5.74, 6) is -2.73. The standard InChI is InChI=1S/C13H9ClFNO5S/c14-10-3-1-7(15)5-12(10)22(20,21)16-8-2-4-11(17)9(6-8)13(18)19/h1-6,16-17H,(H,18,19). The minimum Gasteiger partial charge on any atom is -0.507 e. The zero-order chi connectivity index (χ0) is 16.5. The minimum absolute atomic E-state index is 0.115. The molecule has 0 radical (unpaired) electrons. The van der Waals surface area contributed by atoms with Crippen molar-refractivity contribution in [1.29, 1.82) is 0 Å². The van der Waals surface area contributed by atoms with E-state index in [-0.39, 0.29) is 10.7 Å². The van der Waals surface area contributed by atoms with Crippen molar-refractivity contribution in [2.75, 3.05) is 4.72 Å². The number of carboxylic acids is 1. The van der Waals surface area contributed by atoms with E-state index in [2.05, 4.69) is 4.72 Å².